The van der Waals surface area contributed by atoms with E-state index in [1.54, 1.807) is 6.07 Å². The molecule has 0 radical (unpaired) electrons. The van der Waals surface area contributed by atoms with Gasteiger partial charge in [0.25, 0.3) is 0 Å². The predicted molar refractivity (Wildman–Crippen MR) is 62.9 cm³/mol. The highest BCUT2D eigenvalue weighted by Gasteiger charge is 2.37. The average Bonchev–Trinajstić information content (AvgIpc) is 2.76. The molecule has 1 atom stereocenters. The molecular formula is C13H16FNO2. The van der Waals surface area contributed by atoms with Crippen molar-refractivity contribution in [2.75, 3.05) is 20.2 Å². The van der Waals surface area contributed by atoms with Gasteiger partial charge in [-0.2, -0.15) is 0 Å². The van der Waals surface area contributed by atoms with E-state index in [9.17, 15) is 9.18 Å². The molecule has 17 heavy (non-hydrogen) atoms. The summed E-state index contributed by atoms with van der Waals surface area (Å²) in [6.07, 6.45) is 0.747. The fourth-order valence-electron chi connectivity index (χ4n) is 2.14. The van der Waals surface area contributed by atoms with Crippen molar-refractivity contribution in [3.8, 4) is 5.75 Å². The number of ketones is 1. The Morgan fingerprint density at radius 1 is 1.53 bits per heavy atom. The Balaban J connectivity index is 2.31. The molecule has 0 aromatic heterocycles. The Morgan fingerprint density at radius 2 is 2.29 bits per heavy atom. The van der Waals surface area contributed by atoms with Crippen LogP contribution in [0.1, 0.15) is 23.7 Å². The summed E-state index contributed by atoms with van der Waals surface area (Å²) in [5.74, 6) is -0.223. The molecule has 3 nitrogen and oxygen atoms in total. The van der Waals surface area contributed by atoms with Crippen LogP contribution in [0.25, 0.3) is 0 Å². The lowest BCUT2D eigenvalue weighted by Crippen LogP contribution is -2.30. The number of ether oxygens (including phenoxy) is 1. The van der Waals surface area contributed by atoms with Gasteiger partial charge in [0, 0.05) is 18.0 Å². The first-order valence-electron chi connectivity index (χ1n) is 5.66. The number of rotatable bonds is 3. The van der Waals surface area contributed by atoms with Crippen LogP contribution in [-0.2, 0) is 0 Å². The second-order valence-electron chi connectivity index (χ2n) is 4.66. The molecule has 0 aliphatic carbocycles. The first-order valence-corrected chi connectivity index (χ1v) is 5.66. The standard InChI is InChI=1S/C13H16FNO2/c1-13(5-6-15-8-13)12(16)10-4-3-9(17-2)7-11(10)14/h3-4,7,15H,5-6,8H2,1-2H3. The molecule has 0 amide bonds. The van der Waals surface area contributed by atoms with Crippen molar-refractivity contribution >= 4 is 5.78 Å². The predicted octanol–water partition coefficient (Wildman–Crippen LogP) is 2.02. The number of benzene rings is 1. The summed E-state index contributed by atoms with van der Waals surface area (Å²) in [5.41, 5.74) is -0.341. The van der Waals surface area contributed by atoms with Gasteiger partial charge >= 0.3 is 0 Å². The quantitative estimate of drug-likeness (QED) is 0.817. The lowest BCUT2D eigenvalue weighted by Gasteiger charge is -2.21. The number of nitrogens with one attached hydrogen (secondary N) is 1. The minimum absolute atomic E-state index is 0.136. The molecule has 1 heterocycles. The number of halogens is 1. The van der Waals surface area contributed by atoms with Crippen LogP contribution in [0.5, 0.6) is 5.75 Å². The first kappa shape index (κ1) is 12.0. The van der Waals surface area contributed by atoms with Gasteiger partial charge in [-0.25, -0.2) is 4.39 Å². The second kappa shape index (κ2) is 4.45. The SMILES string of the molecule is COc1ccc(C(=O)C2(C)CCNC2)c(F)c1. The van der Waals surface area contributed by atoms with Crippen LogP contribution in [0.2, 0.25) is 0 Å². The Labute approximate surface area is 100.0 Å². The summed E-state index contributed by atoms with van der Waals surface area (Å²) in [6, 6.07) is 4.36. The maximum atomic E-state index is 13.8. The van der Waals surface area contributed by atoms with Gasteiger partial charge in [-0.15, -0.1) is 0 Å². The fraction of sp³-hybridized carbons (Fsp3) is 0.462. The van der Waals surface area contributed by atoms with E-state index in [0.29, 0.717) is 12.3 Å². The summed E-state index contributed by atoms with van der Waals surface area (Å²) < 4.78 is 18.7. The van der Waals surface area contributed by atoms with Crippen molar-refractivity contribution in [3.05, 3.63) is 29.6 Å². The zero-order valence-electron chi connectivity index (χ0n) is 10.0. The van der Waals surface area contributed by atoms with Crippen LogP contribution < -0.4 is 10.1 Å². The maximum Gasteiger partial charge on any atom is 0.172 e. The summed E-state index contributed by atoms with van der Waals surface area (Å²) in [6.45, 7) is 3.29. The zero-order chi connectivity index (χ0) is 12.5. The molecule has 0 bridgehead atoms. The third kappa shape index (κ3) is 2.17. The molecule has 1 unspecified atom stereocenters. The number of methoxy groups -OCH3 is 1. The number of carbonyl (C=O) groups is 1. The molecule has 1 fully saturated rings. The first-order chi connectivity index (χ1) is 8.07. The molecule has 0 saturated carbocycles. The third-order valence-corrected chi connectivity index (χ3v) is 3.34. The normalized spacial score (nSPS) is 23.7. The van der Waals surface area contributed by atoms with Crippen molar-refractivity contribution in [2.24, 2.45) is 5.41 Å². The van der Waals surface area contributed by atoms with Crippen molar-refractivity contribution in [1.82, 2.24) is 5.32 Å². The van der Waals surface area contributed by atoms with Crippen molar-refractivity contribution < 1.29 is 13.9 Å². The van der Waals surface area contributed by atoms with E-state index in [0.717, 1.165) is 13.0 Å². The van der Waals surface area contributed by atoms with E-state index in [4.69, 9.17) is 4.74 Å². The van der Waals surface area contributed by atoms with Gasteiger partial charge in [0.05, 0.1) is 12.7 Å². The van der Waals surface area contributed by atoms with Gasteiger partial charge in [-0.05, 0) is 25.1 Å². The van der Waals surface area contributed by atoms with Crippen LogP contribution >= 0.6 is 0 Å². The smallest absolute Gasteiger partial charge is 0.172 e. The van der Waals surface area contributed by atoms with Crippen LogP contribution in [0.3, 0.4) is 0 Å². The van der Waals surface area contributed by atoms with Gasteiger partial charge in [-0.1, -0.05) is 6.92 Å². The molecule has 4 heteroatoms. The van der Waals surface area contributed by atoms with E-state index < -0.39 is 11.2 Å². The monoisotopic (exact) mass is 237 g/mol. The third-order valence-electron chi connectivity index (χ3n) is 3.34. The van der Waals surface area contributed by atoms with E-state index in [1.807, 2.05) is 6.92 Å². The van der Waals surface area contributed by atoms with Crippen LogP contribution in [0, 0.1) is 11.2 Å². The lowest BCUT2D eigenvalue weighted by molar-refractivity contribution is 0.0835. The van der Waals surface area contributed by atoms with Gasteiger partial charge in [0.1, 0.15) is 11.6 Å². The lowest BCUT2D eigenvalue weighted by atomic mass is 9.81. The minimum atomic E-state index is -0.512. The Hall–Kier alpha value is -1.42. The number of carbonyl (C=O) groups excluding carboxylic acids is 1. The van der Waals surface area contributed by atoms with E-state index in [2.05, 4.69) is 5.32 Å². The van der Waals surface area contributed by atoms with Gasteiger partial charge < -0.3 is 10.1 Å². The highest BCUT2D eigenvalue weighted by Crippen LogP contribution is 2.31. The number of hydrogen-bond donors (Lipinski definition) is 1. The Morgan fingerprint density at radius 3 is 2.82 bits per heavy atom. The molecule has 92 valence electrons. The molecule has 2 rings (SSSR count). The van der Waals surface area contributed by atoms with Crippen LogP contribution in [0.15, 0.2) is 18.2 Å². The molecule has 1 saturated heterocycles. The maximum absolute atomic E-state index is 13.8. The Bertz CT molecular complexity index is 439. The number of hydrogen-bond acceptors (Lipinski definition) is 3. The second-order valence-corrected chi connectivity index (χ2v) is 4.66. The fourth-order valence-corrected chi connectivity index (χ4v) is 2.14. The average molecular weight is 237 g/mol. The van der Waals surface area contributed by atoms with E-state index in [-0.39, 0.29) is 11.3 Å². The molecule has 1 aromatic carbocycles. The van der Waals surface area contributed by atoms with Gasteiger partial charge in [0.15, 0.2) is 5.78 Å². The van der Waals surface area contributed by atoms with E-state index >= 15 is 0 Å². The minimum Gasteiger partial charge on any atom is -0.497 e. The summed E-state index contributed by atoms with van der Waals surface area (Å²) in [7, 11) is 1.47. The molecule has 1 aromatic rings. The van der Waals surface area contributed by atoms with Crippen molar-refractivity contribution in [1.29, 1.82) is 0 Å². The topological polar surface area (TPSA) is 38.3 Å². The Kier molecular flexibility index (Phi) is 3.15. The highest BCUT2D eigenvalue weighted by molar-refractivity contribution is 6.01. The van der Waals surface area contributed by atoms with Crippen LogP contribution in [-0.4, -0.2) is 26.0 Å². The molecular weight excluding hydrogens is 221 g/mol. The zero-order valence-corrected chi connectivity index (χ0v) is 10.0. The summed E-state index contributed by atoms with van der Waals surface area (Å²) in [5, 5.41) is 3.14. The number of Topliss-reactive ketones (excluding diaryl/α,β-unsaturated/α-hetero) is 1. The van der Waals surface area contributed by atoms with Crippen molar-refractivity contribution in [2.45, 2.75) is 13.3 Å². The van der Waals surface area contributed by atoms with E-state index in [1.165, 1.54) is 19.2 Å². The molecule has 1 aliphatic heterocycles. The van der Waals surface area contributed by atoms with Crippen LogP contribution in [0.4, 0.5) is 4.39 Å². The highest BCUT2D eigenvalue weighted by atomic mass is 19.1. The van der Waals surface area contributed by atoms with Gasteiger partial charge in [-0.3, -0.25) is 4.79 Å². The summed E-state index contributed by atoms with van der Waals surface area (Å²) >= 11 is 0. The van der Waals surface area contributed by atoms with Gasteiger partial charge in [0.2, 0.25) is 0 Å². The molecule has 1 N–H and O–H groups in total. The summed E-state index contributed by atoms with van der Waals surface area (Å²) in [4.78, 5) is 12.3. The largest absolute Gasteiger partial charge is 0.497 e. The molecule has 0 spiro atoms. The van der Waals surface area contributed by atoms with Crippen molar-refractivity contribution in [3.63, 3.8) is 0 Å². The molecule has 1 aliphatic rings.